The van der Waals surface area contributed by atoms with Crippen LogP contribution in [-0.4, -0.2) is 24.1 Å². The van der Waals surface area contributed by atoms with Gasteiger partial charge in [-0.1, -0.05) is 164 Å². The van der Waals surface area contributed by atoms with Gasteiger partial charge in [-0.3, -0.25) is 4.57 Å². The number of rotatable bonds is 5. The van der Waals surface area contributed by atoms with Crippen LogP contribution in [0.4, 0.5) is 0 Å². The van der Waals surface area contributed by atoms with Gasteiger partial charge in [0.05, 0.1) is 31.5 Å². The van der Waals surface area contributed by atoms with E-state index in [1.54, 1.807) is 0 Å². The van der Waals surface area contributed by atoms with Gasteiger partial charge in [-0.2, -0.15) is 9.97 Å². The van der Waals surface area contributed by atoms with Crippen LogP contribution in [-0.2, 0) is 0 Å². The van der Waals surface area contributed by atoms with Crippen molar-refractivity contribution in [1.82, 2.24) is 24.1 Å². The maximum absolute atomic E-state index is 5.24. The second kappa shape index (κ2) is 12.6. The van der Waals surface area contributed by atoms with Gasteiger partial charge in [0.25, 0.3) is 0 Å². The Morgan fingerprint density at radius 3 is 1.28 bits per heavy atom. The highest BCUT2D eigenvalue weighted by Gasteiger charge is 2.23. The Labute approximate surface area is 331 Å². The predicted molar refractivity (Wildman–Crippen MR) is 238 cm³/mol. The monoisotopic (exact) mass is 745 g/mol. The number of fused-ring (bicyclic) bond motifs is 11. The van der Waals surface area contributed by atoms with E-state index < -0.39 is 0 Å². The summed E-state index contributed by atoms with van der Waals surface area (Å²) in [6, 6.07) is 66.5. The quantitative estimate of drug-likeness (QED) is 0.176. The van der Waals surface area contributed by atoms with Gasteiger partial charge in [0, 0.05) is 49.1 Å². The first-order valence-electron chi connectivity index (χ1n) is 19.1. The zero-order valence-electron chi connectivity index (χ0n) is 30.5. The Bertz CT molecular complexity index is 3430. The molecule has 6 heteroatoms. The van der Waals surface area contributed by atoms with Crippen LogP contribution in [0.5, 0.6) is 0 Å². The molecule has 0 amide bonds. The lowest BCUT2D eigenvalue weighted by molar-refractivity contribution is 0.955. The summed E-state index contributed by atoms with van der Waals surface area (Å²) in [5.41, 5.74) is 10.00. The fourth-order valence-corrected chi connectivity index (χ4v) is 9.97. The fourth-order valence-electron chi connectivity index (χ4n) is 8.59. The predicted octanol–water partition coefficient (Wildman–Crippen LogP) is 13.4. The van der Waals surface area contributed by atoms with Crippen LogP contribution in [0.25, 0.3) is 109 Å². The molecule has 4 aromatic heterocycles. The van der Waals surface area contributed by atoms with Crippen LogP contribution in [0.3, 0.4) is 0 Å². The minimum atomic E-state index is 0.594. The van der Waals surface area contributed by atoms with E-state index in [1.165, 1.54) is 58.5 Å². The van der Waals surface area contributed by atoms with Crippen molar-refractivity contribution in [2.45, 2.75) is 0 Å². The topological polar surface area (TPSA) is 48.5 Å². The molecule has 0 aliphatic rings. The SMILES string of the molecule is c1ccc(-c2ccc(-n3c4ccccc4c4ccc5c6ccc7c8ccccc8n(-c8nc(-c9ccccc9)nc(-c9ccccc9)n8)c7c6sc5c43)cc2)cc1. The molecular formula is C51H31N5S. The normalized spacial score (nSPS) is 11.9. The molecule has 57 heavy (non-hydrogen) atoms. The Morgan fingerprint density at radius 1 is 0.316 bits per heavy atom. The molecule has 12 rings (SSSR count). The molecule has 0 spiro atoms. The second-order valence-electron chi connectivity index (χ2n) is 14.4. The van der Waals surface area contributed by atoms with Crippen LogP contribution in [0, 0.1) is 0 Å². The summed E-state index contributed by atoms with van der Waals surface area (Å²) in [7, 11) is 0. The van der Waals surface area contributed by atoms with E-state index in [2.05, 4.69) is 161 Å². The summed E-state index contributed by atoms with van der Waals surface area (Å²) in [5.74, 6) is 1.87. The van der Waals surface area contributed by atoms with Gasteiger partial charge in [-0.15, -0.1) is 11.3 Å². The number of nitrogens with zero attached hydrogens (tertiary/aromatic N) is 5. The average molecular weight is 746 g/mol. The van der Waals surface area contributed by atoms with E-state index in [0.717, 1.165) is 33.2 Å². The molecule has 5 nitrogen and oxygen atoms in total. The molecule has 0 fully saturated rings. The molecule has 0 aliphatic carbocycles. The molecule has 0 saturated carbocycles. The summed E-state index contributed by atoms with van der Waals surface area (Å²) >= 11 is 1.86. The number of hydrogen-bond acceptors (Lipinski definition) is 4. The van der Waals surface area contributed by atoms with Gasteiger partial charge >= 0.3 is 0 Å². The molecule has 8 aromatic carbocycles. The highest BCUT2D eigenvalue weighted by Crippen LogP contribution is 2.47. The number of aromatic nitrogens is 5. The van der Waals surface area contributed by atoms with Crippen molar-refractivity contribution in [1.29, 1.82) is 0 Å². The number of para-hydroxylation sites is 2. The van der Waals surface area contributed by atoms with Crippen molar-refractivity contribution in [2.24, 2.45) is 0 Å². The lowest BCUT2D eigenvalue weighted by Gasteiger charge is -2.11. The first-order valence-corrected chi connectivity index (χ1v) is 19.9. The number of hydrogen-bond donors (Lipinski definition) is 0. The number of thiophene rings is 1. The Morgan fingerprint density at radius 2 is 0.737 bits per heavy atom. The number of benzene rings is 8. The zero-order chi connectivity index (χ0) is 37.5. The molecule has 0 atom stereocenters. The van der Waals surface area contributed by atoms with Crippen LogP contribution in [0.2, 0.25) is 0 Å². The molecule has 266 valence electrons. The zero-order valence-corrected chi connectivity index (χ0v) is 31.4. The van der Waals surface area contributed by atoms with Crippen molar-refractivity contribution in [2.75, 3.05) is 0 Å². The van der Waals surface area contributed by atoms with E-state index in [1.807, 2.05) is 47.7 Å². The van der Waals surface area contributed by atoms with Gasteiger partial charge in [-0.25, -0.2) is 4.98 Å². The summed E-state index contributed by atoms with van der Waals surface area (Å²) in [5, 5.41) is 7.26. The fraction of sp³-hybridized carbons (Fsp3) is 0. The molecular weight excluding hydrogens is 715 g/mol. The van der Waals surface area contributed by atoms with Crippen molar-refractivity contribution in [3.8, 4) is 45.5 Å². The van der Waals surface area contributed by atoms with Gasteiger partial charge in [0.15, 0.2) is 11.6 Å². The van der Waals surface area contributed by atoms with Crippen LogP contribution >= 0.6 is 11.3 Å². The minimum absolute atomic E-state index is 0.594. The highest BCUT2D eigenvalue weighted by molar-refractivity contribution is 7.27. The van der Waals surface area contributed by atoms with E-state index in [-0.39, 0.29) is 0 Å². The van der Waals surface area contributed by atoms with E-state index >= 15 is 0 Å². The maximum atomic E-state index is 5.24. The molecule has 12 aromatic rings. The van der Waals surface area contributed by atoms with Crippen molar-refractivity contribution in [3.63, 3.8) is 0 Å². The van der Waals surface area contributed by atoms with Gasteiger partial charge in [0.2, 0.25) is 5.95 Å². The van der Waals surface area contributed by atoms with E-state index in [4.69, 9.17) is 15.0 Å². The summed E-state index contributed by atoms with van der Waals surface area (Å²) in [6.07, 6.45) is 0. The van der Waals surface area contributed by atoms with Crippen molar-refractivity contribution in [3.05, 3.63) is 188 Å². The van der Waals surface area contributed by atoms with E-state index in [0.29, 0.717) is 17.6 Å². The third-order valence-electron chi connectivity index (χ3n) is 11.2. The van der Waals surface area contributed by atoms with Crippen LogP contribution in [0.15, 0.2) is 188 Å². The molecule has 0 bridgehead atoms. The highest BCUT2D eigenvalue weighted by atomic mass is 32.1. The largest absolute Gasteiger partial charge is 0.308 e. The second-order valence-corrected chi connectivity index (χ2v) is 15.4. The smallest absolute Gasteiger partial charge is 0.238 e. The van der Waals surface area contributed by atoms with Crippen LogP contribution in [0.1, 0.15) is 0 Å². The van der Waals surface area contributed by atoms with Crippen molar-refractivity contribution >= 4 is 75.1 Å². The van der Waals surface area contributed by atoms with E-state index in [9.17, 15) is 0 Å². The van der Waals surface area contributed by atoms with Gasteiger partial charge in [0.1, 0.15) is 0 Å². The van der Waals surface area contributed by atoms with Gasteiger partial charge < -0.3 is 4.57 Å². The minimum Gasteiger partial charge on any atom is -0.308 e. The summed E-state index contributed by atoms with van der Waals surface area (Å²) in [4.78, 5) is 15.5. The Kier molecular flexibility index (Phi) is 7.03. The Hall–Kier alpha value is -7.41. The molecule has 0 unspecified atom stereocenters. The standard InChI is InChI=1S/C51H31N5S/c1-4-14-32(15-5-1)33-24-26-36(27-25-33)55-43-22-12-10-20-37(43)39-28-30-41-42-31-29-40-38-21-11-13-23-44(38)56(46(40)48(42)57-47(41)45(39)55)51-53-49(34-16-6-2-7-17-34)52-50(54-51)35-18-8-3-9-19-35/h1-31H. The third-order valence-corrected chi connectivity index (χ3v) is 12.4. The molecule has 4 heterocycles. The van der Waals surface area contributed by atoms with Crippen LogP contribution < -0.4 is 0 Å². The third kappa shape index (κ3) is 4.91. The summed E-state index contributed by atoms with van der Waals surface area (Å²) < 4.78 is 7.16. The lowest BCUT2D eigenvalue weighted by Crippen LogP contribution is -2.06. The molecule has 0 radical (unpaired) electrons. The molecule has 0 N–H and O–H groups in total. The van der Waals surface area contributed by atoms with Crippen molar-refractivity contribution < 1.29 is 0 Å². The Balaban J connectivity index is 1.17. The average Bonchev–Trinajstić information content (AvgIpc) is 3.95. The van der Waals surface area contributed by atoms with Gasteiger partial charge in [-0.05, 0) is 35.4 Å². The first kappa shape index (κ1) is 31.9. The maximum Gasteiger partial charge on any atom is 0.238 e. The molecule has 0 saturated heterocycles. The first-order chi connectivity index (χ1) is 28.3. The molecule has 0 aliphatic heterocycles. The lowest BCUT2D eigenvalue weighted by atomic mass is 10.1. The summed E-state index contributed by atoms with van der Waals surface area (Å²) in [6.45, 7) is 0.